The predicted molar refractivity (Wildman–Crippen MR) is 183 cm³/mol. The van der Waals surface area contributed by atoms with Gasteiger partial charge in [-0.05, 0) is 57.8 Å². The van der Waals surface area contributed by atoms with E-state index in [4.69, 9.17) is 0 Å². The van der Waals surface area contributed by atoms with Gasteiger partial charge in [-0.2, -0.15) is 11.8 Å². The SMILES string of the molecule is CCCCCC(O)C=CC1C(O)CC(=O)C1CC=CCCCC(=O)NCCCCCNC(=O)CCCCC1SCC2NC(=O)NC21. The largest absolute Gasteiger partial charge is 0.392 e. The van der Waals surface area contributed by atoms with E-state index in [0.717, 1.165) is 76.4 Å². The van der Waals surface area contributed by atoms with Gasteiger partial charge in [0.1, 0.15) is 5.78 Å². The highest BCUT2D eigenvalue weighted by molar-refractivity contribution is 8.00. The monoisotopic (exact) mass is 662 g/mol. The smallest absolute Gasteiger partial charge is 0.315 e. The van der Waals surface area contributed by atoms with Crippen molar-refractivity contribution in [2.45, 2.75) is 139 Å². The molecule has 0 spiro atoms. The Morgan fingerprint density at radius 1 is 0.957 bits per heavy atom. The number of allylic oxidation sites excluding steroid dienone is 2. The van der Waals surface area contributed by atoms with Crippen molar-refractivity contribution in [2.24, 2.45) is 11.8 Å². The Bertz CT molecular complexity index is 1020. The molecule has 7 atom stereocenters. The first-order valence-electron chi connectivity index (χ1n) is 17.7. The number of urea groups is 1. The van der Waals surface area contributed by atoms with Gasteiger partial charge >= 0.3 is 6.03 Å². The fourth-order valence-corrected chi connectivity index (χ4v) is 8.10. The molecule has 6 N–H and O–H groups in total. The highest BCUT2D eigenvalue weighted by Gasteiger charge is 2.42. The van der Waals surface area contributed by atoms with Crippen LogP contribution in [-0.2, 0) is 14.4 Å². The van der Waals surface area contributed by atoms with Crippen LogP contribution in [0.2, 0.25) is 0 Å². The number of thioether (sulfide) groups is 1. The molecule has 1 aliphatic carbocycles. The molecular formula is C35H58N4O6S. The summed E-state index contributed by atoms with van der Waals surface area (Å²) < 4.78 is 0. The van der Waals surface area contributed by atoms with Gasteiger partial charge in [-0.25, -0.2) is 4.79 Å². The molecule has 3 aliphatic rings. The first-order valence-corrected chi connectivity index (χ1v) is 18.8. The van der Waals surface area contributed by atoms with E-state index in [2.05, 4.69) is 28.2 Å². The molecule has 260 valence electrons. The lowest BCUT2D eigenvalue weighted by Crippen LogP contribution is -2.36. The van der Waals surface area contributed by atoms with E-state index in [1.54, 1.807) is 6.08 Å². The molecule has 0 aromatic rings. The number of hydrogen-bond acceptors (Lipinski definition) is 7. The van der Waals surface area contributed by atoms with Gasteiger partial charge < -0.3 is 31.5 Å². The highest BCUT2D eigenvalue weighted by atomic mass is 32.2. The van der Waals surface area contributed by atoms with Gasteiger partial charge in [0.25, 0.3) is 0 Å². The first-order chi connectivity index (χ1) is 22.3. The molecular weight excluding hydrogens is 604 g/mol. The summed E-state index contributed by atoms with van der Waals surface area (Å²) in [5.41, 5.74) is 0. The molecule has 0 radical (unpaired) electrons. The fourth-order valence-electron chi connectivity index (χ4n) is 6.56. The molecule has 10 nitrogen and oxygen atoms in total. The van der Waals surface area contributed by atoms with Crippen molar-refractivity contribution in [3.8, 4) is 0 Å². The molecule has 0 bridgehead atoms. The lowest BCUT2D eigenvalue weighted by atomic mass is 9.90. The third kappa shape index (κ3) is 13.8. The summed E-state index contributed by atoms with van der Waals surface area (Å²) in [6.45, 7) is 3.41. The van der Waals surface area contributed by atoms with Gasteiger partial charge in [-0.1, -0.05) is 56.9 Å². The van der Waals surface area contributed by atoms with E-state index in [9.17, 15) is 29.4 Å². The van der Waals surface area contributed by atoms with Crippen molar-refractivity contribution in [1.29, 1.82) is 0 Å². The quantitative estimate of drug-likeness (QED) is 0.0541. The lowest BCUT2D eigenvalue weighted by molar-refractivity contribution is -0.122. The predicted octanol–water partition coefficient (Wildman–Crippen LogP) is 4.30. The van der Waals surface area contributed by atoms with Crippen molar-refractivity contribution in [2.75, 3.05) is 18.8 Å². The normalized spacial score (nSPS) is 26.4. The van der Waals surface area contributed by atoms with Crippen LogP contribution in [0.1, 0.15) is 110 Å². The van der Waals surface area contributed by atoms with Gasteiger partial charge in [0.05, 0.1) is 24.3 Å². The number of nitrogens with one attached hydrogen (secondary N) is 4. The number of carbonyl (C=O) groups is 4. The molecule has 2 saturated heterocycles. The maximum Gasteiger partial charge on any atom is 0.315 e. The number of carbonyl (C=O) groups excluding carboxylic acids is 4. The number of aliphatic hydroxyl groups excluding tert-OH is 2. The van der Waals surface area contributed by atoms with E-state index in [1.807, 2.05) is 30.0 Å². The van der Waals surface area contributed by atoms with Gasteiger partial charge in [-0.3, -0.25) is 14.4 Å². The molecule has 46 heavy (non-hydrogen) atoms. The van der Waals surface area contributed by atoms with Crippen LogP contribution in [0.15, 0.2) is 24.3 Å². The molecule has 0 aromatic heterocycles. The number of aliphatic hydroxyl groups is 2. The Balaban J connectivity index is 1.13. The Morgan fingerprint density at radius 2 is 1.70 bits per heavy atom. The van der Waals surface area contributed by atoms with E-state index in [0.29, 0.717) is 44.0 Å². The second-order valence-corrected chi connectivity index (χ2v) is 14.4. The summed E-state index contributed by atoms with van der Waals surface area (Å²) in [5, 5.41) is 32.9. The van der Waals surface area contributed by atoms with Crippen molar-refractivity contribution >= 4 is 35.4 Å². The zero-order valence-corrected chi connectivity index (χ0v) is 28.5. The van der Waals surface area contributed by atoms with E-state index in [1.165, 1.54) is 0 Å². The zero-order valence-electron chi connectivity index (χ0n) is 27.7. The summed E-state index contributed by atoms with van der Waals surface area (Å²) in [5.74, 6) is 0.628. The number of unbranched alkanes of at least 4 members (excludes halogenated alkanes) is 6. The molecule has 11 heteroatoms. The van der Waals surface area contributed by atoms with Crippen molar-refractivity contribution < 1.29 is 29.4 Å². The summed E-state index contributed by atoms with van der Waals surface area (Å²) in [4.78, 5) is 48.2. The Kier molecular flexibility index (Phi) is 17.8. The van der Waals surface area contributed by atoms with Crippen LogP contribution in [0, 0.1) is 11.8 Å². The zero-order chi connectivity index (χ0) is 33.1. The summed E-state index contributed by atoms with van der Waals surface area (Å²) in [7, 11) is 0. The molecule has 4 amide bonds. The molecule has 2 aliphatic heterocycles. The van der Waals surface area contributed by atoms with E-state index >= 15 is 0 Å². The van der Waals surface area contributed by atoms with E-state index in [-0.39, 0.29) is 54.0 Å². The van der Waals surface area contributed by atoms with Crippen LogP contribution < -0.4 is 21.3 Å². The minimum absolute atomic E-state index is 0.0385. The second-order valence-electron chi connectivity index (χ2n) is 13.1. The van der Waals surface area contributed by atoms with Crippen LogP contribution in [0.4, 0.5) is 4.79 Å². The van der Waals surface area contributed by atoms with Crippen molar-refractivity contribution in [1.82, 2.24) is 21.3 Å². The summed E-state index contributed by atoms with van der Waals surface area (Å²) in [6, 6.07) is 0.407. The Labute approximate surface area is 279 Å². The van der Waals surface area contributed by atoms with Crippen LogP contribution in [0.3, 0.4) is 0 Å². The number of fused-ring (bicyclic) bond motifs is 1. The molecule has 2 heterocycles. The van der Waals surface area contributed by atoms with Crippen molar-refractivity contribution in [3.05, 3.63) is 24.3 Å². The fraction of sp³-hybridized carbons (Fsp3) is 0.771. The number of hydrogen-bond donors (Lipinski definition) is 6. The second kappa shape index (κ2) is 21.5. The lowest BCUT2D eigenvalue weighted by Gasteiger charge is -2.16. The standard InChI is InChI=1S/C35H58N4O6S/c1-2-3-7-14-25(40)19-20-27-26(29(41)23-30(27)42)15-8-4-5-9-17-32(43)36-21-12-6-13-22-37-33(44)18-11-10-16-31-34-28(24-46-31)38-35(45)39-34/h4,8,19-20,25-28,30-31,34,40,42H,2-3,5-7,9-18,21-24H2,1H3,(H,36,43)(H,37,44)(H2,38,39,45). The van der Waals surface area contributed by atoms with Gasteiger partial charge in [0.2, 0.25) is 11.8 Å². The van der Waals surface area contributed by atoms with Gasteiger partial charge in [-0.15, -0.1) is 0 Å². The maximum absolute atomic E-state index is 12.4. The number of rotatable bonds is 23. The molecule has 3 rings (SSSR count). The minimum atomic E-state index is -0.694. The molecule has 7 unspecified atom stereocenters. The van der Waals surface area contributed by atoms with Crippen LogP contribution >= 0.6 is 11.8 Å². The third-order valence-corrected chi connectivity index (χ3v) is 10.8. The average Bonchev–Trinajstić information content (AvgIpc) is 3.66. The number of Topliss-reactive ketones (excluding diaryl/α,β-unsaturated/α-hetero) is 1. The van der Waals surface area contributed by atoms with Crippen LogP contribution in [-0.4, -0.2) is 82.2 Å². The van der Waals surface area contributed by atoms with Crippen molar-refractivity contribution in [3.63, 3.8) is 0 Å². The average molecular weight is 663 g/mol. The van der Waals surface area contributed by atoms with Crippen LogP contribution in [0.25, 0.3) is 0 Å². The topological polar surface area (TPSA) is 157 Å². The maximum atomic E-state index is 12.4. The summed E-state index contributed by atoms with van der Waals surface area (Å²) >= 11 is 1.90. The van der Waals surface area contributed by atoms with Crippen LogP contribution in [0.5, 0.6) is 0 Å². The third-order valence-electron chi connectivity index (χ3n) is 9.30. The number of ketones is 1. The summed E-state index contributed by atoms with van der Waals surface area (Å²) in [6.07, 6.45) is 18.9. The minimum Gasteiger partial charge on any atom is -0.392 e. The molecule has 3 fully saturated rings. The Morgan fingerprint density at radius 3 is 2.43 bits per heavy atom. The molecule has 0 aromatic carbocycles. The van der Waals surface area contributed by atoms with Gasteiger partial charge in [0, 0.05) is 55.2 Å². The Hall–Kier alpha value is -2.37. The first kappa shape index (κ1) is 38.1. The molecule has 1 saturated carbocycles. The highest BCUT2D eigenvalue weighted by Crippen LogP contribution is 2.34. The number of amides is 4. The van der Waals surface area contributed by atoms with Gasteiger partial charge in [0.15, 0.2) is 0 Å². The van der Waals surface area contributed by atoms with E-state index < -0.39 is 12.2 Å².